The van der Waals surface area contributed by atoms with Crippen molar-refractivity contribution in [3.63, 3.8) is 0 Å². The van der Waals surface area contributed by atoms with Gasteiger partial charge in [-0.1, -0.05) is 60.8 Å². The lowest BCUT2D eigenvalue weighted by Crippen LogP contribution is -2.32. The maximum absolute atomic E-state index is 13.3. The zero-order chi connectivity index (χ0) is 25.0. The van der Waals surface area contributed by atoms with Gasteiger partial charge in [-0.2, -0.15) is 4.31 Å². The van der Waals surface area contributed by atoms with Gasteiger partial charge in [0.15, 0.2) is 5.78 Å². The van der Waals surface area contributed by atoms with Crippen LogP contribution in [0.3, 0.4) is 0 Å². The first-order valence-corrected chi connectivity index (χ1v) is 13.4. The predicted molar refractivity (Wildman–Crippen MR) is 138 cm³/mol. The molecule has 0 radical (unpaired) electrons. The molecule has 3 aromatic rings. The molecule has 0 spiro atoms. The second-order valence-electron chi connectivity index (χ2n) is 8.63. The van der Waals surface area contributed by atoms with Crippen LogP contribution < -0.4 is 5.32 Å². The van der Waals surface area contributed by atoms with Crippen molar-refractivity contribution in [1.82, 2.24) is 4.31 Å². The van der Waals surface area contributed by atoms with Crippen LogP contribution in [0, 0.1) is 6.92 Å². The first-order valence-electron chi connectivity index (χ1n) is 11.6. The number of hydrogen-bond donors (Lipinski definition) is 1. The maximum Gasteiger partial charge on any atom is 0.255 e. The Morgan fingerprint density at radius 3 is 2.23 bits per heavy atom. The van der Waals surface area contributed by atoms with Crippen LogP contribution in [0.1, 0.15) is 57.5 Å². The van der Waals surface area contributed by atoms with Crippen LogP contribution in [0.15, 0.2) is 71.6 Å². The Morgan fingerprint density at radius 2 is 1.54 bits per heavy atom. The monoisotopic (exact) mass is 510 g/mol. The minimum atomic E-state index is -3.71. The third-order valence-electron chi connectivity index (χ3n) is 6.17. The number of ketones is 1. The number of amides is 1. The van der Waals surface area contributed by atoms with E-state index in [9.17, 15) is 18.0 Å². The summed E-state index contributed by atoms with van der Waals surface area (Å²) in [5.74, 6) is -0.780. The van der Waals surface area contributed by atoms with Gasteiger partial charge in [-0.25, -0.2) is 8.42 Å². The van der Waals surface area contributed by atoms with Crippen LogP contribution in [0.4, 0.5) is 5.69 Å². The molecule has 4 rings (SSSR count). The Bertz CT molecular complexity index is 1350. The Hall–Kier alpha value is -3.00. The molecule has 1 saturated heterocycles. The number of halogens is 1. The molecule has 1 aliphatic rings. The van der Waals surface area contributed by atoms with Crippen molar-refractivity contribution in [2.45, 2.75) is 37.5 Å². The van der Waals surface area contributed by atoms with Crippen LogP contribution >= 0.6 is 11.6 Å². The number of benzene rings is 3. The highest BCUT2D eigenvalue weighted by atomic mass is 35.5. The summed E-state index contributed by atoms with van der Waals surface area (Å²) in [7, 11) is -3.71. The molecule has 182 valence electrons. The zero-order valence-electron chi connectivity index (χ0n) is 19.5. The Balaban J connectivity index is 1.64. The molecule has 3 aromatic carbocycles. The van der Waals surface area contributed by atoms with Crippen molar-refractivity contribution in [2.24, 2.45) is 0 Å². The van der Waals surface area contributed by atoms with Gasteiger partial charge in [-0.15, -0.1) is 0 Å². The van der Waals surface area contributed by atoms with E-state index in [0.29, 0.717) is 34.9 Å². The zero-order valence-corrected chi connectivity index (χ0v) is 21.0. The molecule has 0 atom stereocenters. The molecule has 0 aliphatic carbocycles. The summed E-state index contributed by atoms with van der Waals surface area (Å²) < 4.78 is 28.0. The number of carbonyl (C=O) groups excluding carboxylic acids is 2. The lowest BCUT2D eigenvalue weighted by atomic mass is 10.0. The van der Waals surface area contributed by atoms with E-state index in [2.05, 4.69) is 5.32 Å². The first-order chi connectivity index (χ1) is 16.8. The molecule has 0 aromatic heterocycles. The largest absolute Gasteiger partial charge is 0.321 e. The second-order valence-corrected chi connectivity index (χ2v) is 11.0. The van der Waals surface area contributed by atoms with E-state index >= 15 is 0 Å². The normalized spacial score (nSPS) is 14.8. The number of anilines is 1. The van der Waals surface area contributed by atoms with Crippen molar-refractivity contribution in [2.75, 3.05) is 18.4 Å². The van der Waals surface area contributed by atoms with Crippen molar-refractivity contribution in [3.8, 4) is 0 Å². The molecule has 0 saturated carbocycles. The quantitative estimate of drug-likeness (QED) is 0.431. The van der Waals surface area contributed by atoms with E-state index < -0.39 is 15.9 Å². The maximum atomic E-state index is 13.3. The highest BCUT2D eigenvalue weighted by Crippen LogP contribution is 2.26. The number of nitrogens with one attached hydrogen (secondary N) is 1. The van der Waals surface area contributed by atoms with Gasteiger partial charge in [-0.3, -0.25) is 9.59 Å². The summed E-state index contributed by atoms with van der Waals surface area (Å²) in [6.07, 6.45) is 3.68. The summed E-state index contributed by atoms with van der Waals surface area (Å²) in [5.41, 5.74) is 1.87. The summed E-state index contributed by atoms with van der Waals surface area (Å²) in [6, 6.07) is 18.0. The number of sulfonamides is 1. The average Bonchev–Trinajstić information content (AvgIpc) is 3.15. The van der Waals surface area contributed by atoms with Crippen molar-refractivity contribution in [3.05, 3.63) is 94.0 Å². The summed E-state index contributed by atoms with van der Waals surface area (Å²) in [4.78, 5) is 26.5. The molecule has 8 heteroatoms. The van der Waals surface area contributed by atoms with Crippen LogP contribution in [0.2, 0.25) is 5.02 Å². The minimum absolute atomic E-state index is 0.0897. The molecule has 1 heterocycles. The van der Waals surface area contributed by atoms with E-state index in [-0.39, 0.29) is 21.8 Å². The average molecular weight is 511 g/mol. The SMILES string of the molecule is Cc1ccc(S(=O)(=O)N2CCCCCC2)cc1C(=O)Nc1ccc(Cl)cc1C(=O)c1ccccc1. The van der Waals surface area contributed by atoms with E-state index in [1.807, 2.05) is 6.07 Å². The van der Waals surface area contributed by atoms with Gasteiger partial charge in [0.2, 0.25) is 10.0 Å². The molecular weight excluding hydrogens is 484 g/mol. The number of rotatable bonds is 6. The fourth-order valence-electron chi connectivity index (χ4n) is 4.19. The van der Waals surface area contributed by atoms with Gasteiger partial charge in [-0.05, 0) is 55.7 Å². The van der Waals surface area contributed by atoms with Crippen LogP contribution in [0.5, 0.6) is 0 Å². The van der Waals surface area contributed by atoms with E-state index in [1.54, 1.807) is 55.5 Å². The van der Waals surface area contributed by atoms with E-state index in [0.717, 1.165) is 25.7 Å². The molecular formula is C27H27ClN2O4S. The second kappa shape index (κ2) is 10.7. The Morgan fingerprint density at radius 1 is 0.857 bits per heavy atom. The summed E-state index contributed by atoms with van der Waals surface area (Å²) >= 11 is 6.15. The molecule has 35 heavy (non-hydrogen) atoms. The van der Waals surface area contributed by atoms with E-state index in [4.69, 9.17) is 11.6 Å². The van der Waals surface area contributed by atoms with Crippen molar-refractivity contribution < 1.29 is 18.0 Å². The fourth-order valence-corrected chi connectivity index (χ4v) is 5.90. The van der Waals surface area contributed by atoms with Crippen LogP contribution in [-0.2, 0) is 10.0 Å². The minimum Gasteiger partial charge on any atom is -0.321 e. The highest BCUT2D eigenvalue weighted by molar-refractivity contribution is 7.89. The third-order valence-corrected chi connectivity index (χ3v) is 8.30. The molecule has 1 fully saturated rings. The van der Waals surface area contributed by atoms with Crippen LogP contribution in [-0.4, -0.2) is 37.5 Å². The van der Waals surface area contributed by atoms with Gasteiger partial charge in [0.25, 0.3) is 5.91 Å². The smallest absolute Gasteiger partial charge is 0.255 e. The predicted octanol–water partition coefficient (Wildman–Crippen LogP) is 5.70. The summed E-state index contributed by atoms with van der Waals surface area (Å²) in [6.45, 7) is 2.70. The lowest BCUT2D eigenvalue weighted by Gasteiger charge is -2.20. The Kier molecular flexibility index (Phi) is 7.69. The van der Waals surface area contributed by atoms with E-state index in [1.165, 1.54) is 16.4 Å². The number of aryl methyl sites for hydroxylation is 1. The van der Waals surface area contributed by atoms with Crippen LogP contribution in [0.25, 0.3) is 0 Å². The molecule has 1 N–H and O–H groups in total. The Labute approximate surface area is 211 Å². The number of nitrogens with zero attached hydrogens (tertiary/aromatic N) is 1. The van der Waals surface area contributed by atoms with Crippen molar-refractivity contribution in [1.29, 1.82) is 0 Å². The molecule has 0 bridgehead atoms. The van der Waals surface area contributed by atoms with Crippen molar-refractivity contribution >= 4 is 39.0 Å². The topological polar surface area (TPSA) is 83.6 Å². The summed E-state index contributed by atoms with van der Waals surface area (Å²) in [5, 5.41) is 3.15. The third kappa shape index (κ3) is 5.64. The van der Waals surface area contributed by atoms with Gasteiger partial charge in [0, 0.05) is 34.8 Å². The fraction of sp³-hybridized carbons (Fsp3) is 0.259. The van der Waals surface area contributed by atoms with Gasteiger partial charge in [0.1, 0.15) is 0 Å². The van der Waals surface area contributed by atoms with Gasteiger partial charge in [0.05, 0.1) is 10.6 Å². The molecule has 1 amide bonds. The van der Waals surface area contributed by atoms with Gasteiger partial charge < -0.3 is 5.32 Å². The standard InChI is InChI=1S/C27H27ClN2O4S/c1-19-11-13-22(35(33,34)30-15-7-2-3-8-16-30)18-23(19)27(32)29-25-14-12-21(28)17-24(25)26(31)20-9-5-4-6-10-20/h4-6,9-14,17-18H,2-3,7-8,15-16H2,1H3,(H,29,32). The first kappa shape index (κ1) is 25.1. The van der Waals surface area contributed by atoms with Gasteiger partial charge >= 0.3 is 0 Å². The molecule has 0 unspecified atom stereocenters. The lowest BCUT2D eigenvalue weighted by molar-refractivity contribution is 0.102. The molecule has 6 nitrogen and oxygen atoms in total. The molecule has 1 aliphatic heterocycles. The number of carbonyl (C=O) groups is 2. The number of hydrogen-bond acceptors (Lipinski definition) is 4. The highest BCUT2D eigenvalue weighted by Gasteiger charge is 2.27.